The zero-order chi connectivity index (χ0) is 38.8. The smallest absolute Gasteiger partial charge is 0.410 e. The minimum Gasteiger partial charge on any atom is -0.444 e. The number of amides is 5. The molecule has 0 unspecified atom stereocenters. The number of rotatable bonds is 5. The Bertz CT molecular complexity index is 1830. The van der Waals surface area contributed by atoms with Crippen LogP contribution in [0.4, 0.5) is 14.0 Å². The summed E-state index contributed by atoms with van der Waals surface area (Å²) in [5, 5.41) is 5.66. The molecule has 2 fully saturated rings. The maximum atomic E-state index is 14.5. The molecule has 3 N–H and O–H groups in total. The first-order chi connectivity index (χ1) is 25.6. The van der Waals surface area contributed by atoms with Gasteiger partial charge in [0.25, 0.3) is 5.91 Å². The molecule has 290 valence electrons. The van der Waals surface area contributed by atoms with Gasteiger partial charge in [0.2, 0.25) is 11.8 Å². The van der Waals surface area contributed by atoms with Gasteiger partial charge in [0, 0.05) is 24.4 Å². The van der Waals surface area contributed by atoms with E-state index in [1.54, 1.807) is 39.0 Å². The van der Waals surface area contributed by atoms with Crippen LogP contribution in [-0.4, -0.2) is 75.6 Å². The van der Waals surface area contributed by atoms with E-state index in [1.807, 2.05) is 38.1 Å². The zero-order valence-electron chi connectivity index (χ0n) is 31.5. The van der Waals surface area contributed by atoms with E-state index in [9.17, 15) is 28.4 Å². The molecule has 0 aromatic heterocycles. The molecule has 5 atom stereocenters. The van der Waals surface area contributed by atoms with Crippen molar-refractivity contribution in [1.82, 2.24) is 25.9 Å². The van der Waals surface area contributed by atoms with Crippen LogP contribution in [-0.2, 0) is 36.9 Å². The number of halogens is 1. The maximum Gasteiger partial charge on any atom is 0.410 e. The summed E-state index contributed by atoms with van der Waals surface area (Å²) in [6.45, 7) is 9.01. The summed E-state index contributed by atoms with van der Waals surface area (Å²) in [5.41, 5.74) is 3.30. The topological polar surface area (TPSA) is 156 Å². The van der Waals surface area contributed by atoms with E-state index in [0.717, 1.165) is 30.4 Å². The van der Waals surface area contributed by atoms with E-state index in [2.05, 4.69) is 16.1 Å². The standard InChI is InChI=1S/C40H50FN5O8/c1-24-13-11-18-33(25(24)2)54-44-36(49)40-20-27(40)15-9-7-6-8-10-17-31(42-37(50)53-39(3,4)5)35(48)46-22-28(19-32(46)34(47)43-40)52-38(51)45-21-26-14-12-16-30(41)29(26)23-45/h9,11-16,18,27-28,31-32H,6-8,10,17,19-23H2,1-5H3,(H,42,50)(H,43,47)(H,44,49)/b15-9-/t27-,28-,31+,32+,40-/m1/s1. The Morgan fingerprint density at radius 1 is 1.02 bits per heavy atom. The van der Waals surface area contributed by atoms with Gasteiger partial charge in [-0.05, 0) is 89.1 Å². The summed E-state index contributed by atoms with van der Waals surface area (Å²) in [6.07, 6.45) is 5.01. The lowest BCUT2D eigenvalue weighted by Crippen LogP contribution is -2.58. The molecule has 0 spiro atoms. The van der Waals surface area contributed by atoms with Crippen LogP contribution in [0.15, 0.2) is 48.6 Å². The van der Waals surface area contributed by atoms with Crippen LogP contribution >= 0.6 is 0 Å². The van der Waals surface area contributed by atoms with Gasteiger partial charge in [0.05, 0.1) is 13.1 Å². The van der Waals surface area contributed by atoms with E-state index in [0.29, 0.717) is 36.1 Å². The third-order valence-corrected chi connectivity index (χ3v) is 10.6. The molecule has 1 saturated heterocycles. The molecule has 2 aromatic rings. The van der Waals surface area contributed by atoms with Gasteiger partial charge in [-0.3, -0.25) is 19.3 Å². The number of hydrogen-bond donors (Lipinski definition) is 3. The molecule has 5 amide bonds. The Morgan fingerprint density at radius 3 is 2.56 bits per heavy atom. The first-order valence-electron chi connectivity index (χ1n) is 18.7. The molecule has 1 aliphatic carbocycles. The molecule has 3 aliphatic heterocycles. The molecule has 1 saturated carbocycles. The van der Waals surface area contributed by atoms with Gasteiger partial charge in [-0.2, -0.15) is 5.48 Å². The SMILES string of the molecule is Cc1cccc(ONC(=O)[C@@]23C[C@H]2/C=C\CCCCC[C@H](NC(=O)OC(C)(C)C)C(=O)N2C[C@H](OC(=O)N4Cc5cccc(F)c5C4)C[C@H]2C(=O)N3)c1C. The third-order valence-electron chi connectivity index (χ3n) is 10.6. The molecule has 14 heteroatoms. The highest BCUT2D eigenvalue weighted by molar-refractivity contribution is 5.98. The van der Waals surface area contributed by atoms with Crippen molar-refractivity contribution in [2.75, 3.05) is 6.54 Å². The molecule has 13 nitrogen and oxygen atoms in total. The number of carbonyl (C=O) groups is 5. The van der Waals surface area contributed by atoms with E-state index in [4.69, 9.17) is 14.3 Å². The quantitative estimate of drug-likeness (QED) is 0.277. The number of aryl methyl sites for hydroxylation is 1. The number of nitrogens with one attached hydrogen (secondary N) is 3. The highest BCUT2D eigenvalue weighted by Gasteiger charge is 2.61. The van der Waals surface area contributed by atoms with Crippen LogP contribution < -0.4 is 21.0 Å². The summed E-state index contributed by atoms with van der Waals surface area (Å²) >= 11 is 0. The third kappa shape index (κ3) is 8.63. The van der Waals surface area contributed by atoms with Crippen LogP contribution in [0, 0.1) is 25.6 Å². The summed E-state index contributed by atoms with van der Waals surface area (Å²) in [5.74, 6) is -1.95. The molecule has 4 aliphatic rings. The van der Waals surface area contributed by atoms with Crippen molar-refractivity contribution >= 4 is 29.9 Å². The molecular formula is C40H50FN5O8. The Morgan fingerprint density at radius 2 is 1.80 bits per heavy atom. The normalized spacial score (nSPS) is 26.2. The lowest BCUT2D eigenvalue weighted by molar-refractivity contribution is -0.142. The maximum absolute atomic E-state index is 14.5. The van der Waals surface area contributed by atoms with Crippen molar-refractivity contribution in [1.29, 1.82) is 0 Å². The van der Waals surface area contributed by atoms with E-state index >= 15 is 0 Å². The lowest BCUT2D eigenvalue weighted by Gasteiger charge is -2.30. The van der Waals surface area contributed by atoms with Gasteiger partial charge in [-0.15, -0.1) is 0 Å². The van der Waals surface area contributed by atoms with Crippen molar-refractivity contribution in [2.24, 2.45) is 5.92 Å². The Kier molecular flexibility index (Phi) is 11.2. The summed E-state index contributed by atoms with van der Waals surface area (Å²) in [6, 6.07) is 7.98. The second-order valence-electron chi connectivity index (χ2n) is 15.7. The predicted molar refractivity (Wildman–Crippen MR) is 195 cm³/mol. The van der Waals surface area contributed by atoms with Crippen LogP contribution in [0.5, 0.6) is 5.75 Å². The first-order valence-corrected chi connectivity index (χ1v) is 18.7. The average Bonchev–Trinajstić information content (AvgIpc) is 3.40. The highest BCUT2D eigenvalue weighted by Crippen LogP contribution is 2.45. The Balaban J connectivity index is 1.24. The van der Waals surface area contributed by atoms with Gasteiger partial charge >= 0.3 is 12.2 Å². The zero-order valence-corrected chi connectivity index (χ0v) is 31.5. The molecule has 2 aromatic carbocycles. The number of hydroxylamine groups is 1. The summed E-state index contributed by atoms with van der Waals surface area (Å²) < 4.78 is 25.8. The monoisotopic (exact) mass is 747 g/mol. The minimum atomic E-state index is -1.35. The number of benzene rings is 2. The summed E-state index contributed by atoms with van der Waals surface area (Å²) in [4.78, 5) is 77.3. The lowest BCUT2D eigenvalue weighted by atomic mass is 10.0. The van der Waals surface area contributed by atoms with E-state index in [1.165, 1.54) is 15.9 Å². The van der Waals surface area contributed by atoms with E-state index < -0.39 is 65.1 Å². The fourth-order valence-corrected chi connectivity index (χ4v) is 7.37. The van der Waals surface area contributed by atoms with Gasteiger partial charge in [-0.25, -0.2) is 14.0 Å². The number of fused-ring (bicyclic) bond motifs is 3. The Hall–Kier alpha value is -5.14. The number of allylic oxidation sites excluding steroid dienone is 1. The number of alkyl carbamates (subject to hydrolysis) is 1. The van der Waals surface area contributed by atoms with Gasteiger partial charge in [-0.1, -0.05) is 49.3 Å². The molecule has 54 heavy (non-hydrogen) atoms. The van der Waals surface area contributed by atoms with Crippen LogP contribution in [0.1, 0.15) is 88.0 Å². The van der Waals surface area contributed by atoms with Crippen molar-refractivity contribution in [3.05, 3.63) is 76.6 Å². The van der Waals surface area contributed by atoms with Gasteiger partial charge in [0.15, 0.2) is 5.75 Å². The molecule has 0 bridgehead atoms. The van der Waals surface area contributed by atoms with Crippen LogP contribution in [0.25, 0.3) is 0 Å². The second-order valence-corrected chi connectivity index (χ2v) is 15.7. The highest BCUT2D eigenvalue weighted by atomic mass is 19.1. The fourth-order valence-electron chi connectivity index (χ4n) is 7.37. The van der Waals surface area contributed by atoms with Crippen molar-refractivity contribution in [2.45, 2.75) is 122 Å². The molecule has 0 radical (unpaired) electrons. The first kappa shape index (κ1) is 38.6. The van der Waals surface area contributed by atoms with Crippen LogP contribution in [0.3, 0.4) is 0 Å². The summed E-state index contributed by atoms with van der Waals surface area (Å²) in [7, 11) is 0. The number of carbonyl (C=O) groups excluding carboxylic acids is 5. The van der Waals surface area contributed by atoms with Crippen LogP contribution in [0.2, 0.25) is 0 Å². The molecule has 3 heterocycles. The molecular weight excluding hydrogens is 697 g/mol. The number of nitrogens with zero attached hydrogens (tertiary/aromatic N) is 2. The van der Waals surface area contributed by atoms with E-state index in [-0.39, 0.29) is 32.0 Å². The fraction of sp³-hybridized carbons (Fsp3) is 0.525. The second kappa shape index (κ2) is 15.7. The van der Waals surface area contributed by atoms with Gasteiger partial charge < -0.3 is 29.8 Å². The molecule has 6 rings (SSSR count). The number of hydrogen-bond acceptors (Lipinski definition) is 8. The number of ether oxygens (including phenoxy) is 2. The van der Waals surface area contributed by atoms with Crippen molar-refractivity contribution in [3.63, 3.8) is 0 Å². The van der Waals surface area contributed by atoms with Gasteiger partial charge in [0.1, 0.15) is 35.1 Å². The Labute approximate surface area is 314 Å². The predicted octanol–water partition coefficient (Wildman–Crippen LogP) is 5.26. The largest absolute Gasteiger partial charge is 0.444 e. The van der Waals surface area contributed by atoms with Crippen molar-refractivity contribution < 1.29 is 42.7 Å². The average molecular weight is 748 g/mol. The van der Waals surface area contributed by atoms with Crippen molar-refractivity contribution in [3.8, 4) is 5.75 Å². The minimum absolute atomic E-state index is 0.0265.